The fourth-order valence-corrected chi connectivity index (χ4v) is 4.10. The van der Waals surface area contributed by atoms with Crippen molar-refractivity contribution < 1.29 is 9.18 Å². The molecule has 4 rings (SSSR count). The first-order valence-electron chi connectivity index (χ1n) is 9.83. The van der Waals surface area contributed by atoms with Gasteiger partial charge in [-0.15, -0.1) is 0 Å². The molecular formula is C21H21BrFN7O. The Morgan fingerprint density at radius 3 is 2.90 bits per heavy atom. The molecule has 1 aromatic carbocycles. The normalized spacial score (nSPS) is 17.0. The van der Waals surface area contributed by atoms with Crippen LogP contribution < -0.4 is 10.2 Å². The number of hydrogen-bond acceptors (Lipinski definition) is 6. The molecule has 0 spiro atoms. The quantitative estimate of drug-likeness (QED) is 0.610. The van der Waals surface area contributed by atoms with Crippen molar-refractivity contribution in [2.24, 2.45) is 0 Å². The van der Waals surface area contributed by atoms with E-state index in [1.807, 2.05) is 6.07 Å². The summed E-state index contributed by atoms with van der Waals surface area (Å²) in [6.45, 7) is 4.71. The maximum Gasteiger partial charge on any atom is 0.270 e. The van der Waals surface area contributed by atoms with E-state index in [-0.39, 0.29) is 23.8 Å². The van der Waals surface area contributed by atoms with E-state index < -0.39 is 11.7 Å². The highest BCUT2D eigenvalue weighted by Gasteiger charge is 2.26. The van der Waals surface area contributed by atoms with Gasteiger partial charge < -0.3 is 15.1 Å². The first kappa shape index (κ1) is 21.2. The third-order valence-electron chi connectivity index (χ3n) is 5.39. The highest BCUT2D eigenvalue weighted by Crippen LogP contribution is 2.25. The standard InChI is InChI=1S/C21H21BrFN7O/c1-13-12-28(2)5-6-29(13)19-8-18(27-20-16(22)11-26-30(19)20)21(31)25-10-15-4-3-14(9-24)7-17(15)23/h3-4,7-8,11,13H,5-6,10,12H2,1-2H3,(H,25,31)/t13-/m1/s1. The number of fused-ring (bicyclic) bond motifs is 1. The third kappa shape index (κ3) is 4.24. The van der Waals surface area contributed by atoms with Gasteiger partial charge in [-0.05, 0) is 42.0 Å². The number of piperazine rings is 1. The number of aromatic nitrogens is 3. The van der Waals surface area contributed by atoms with Crippen LogP contribution in [0.1, 0.15) is 28.5 Å². The van der Waals surface area contributed by atoms with E-state index in [2.05, 4.69) is 55.1 Å². The molecule has 8 nitrogen and oxygen atoms in total. The Balaban J connectivity index is 1.62. The zero-order valence-electron chi connectivity index (χ0n) is 17.1. The predicted molar refractivity (Wildman–Crippen MR) is 117 cm³/mol. The average Bonchev–Trinajstić information content (AvgIpc) is 3.13. The molecule has 3 aromatic rings. The zero-order chi connectivity index (χ0) is 22.1. The van der Waals surface area contributed by atoms with Crippen LogP contribution >= 0.6 is 15.9 Å². The van der Waals surface area contributed by atoms with Gasteiger partial charge in [-0.3, -0.25) is 4.79 Å². The lowest BCUT2D eigenvalue weighted by molar-refractivity contribution is 0.0945. The van der Waals surface area contributed by atoms with Gasteiger partial charge in [-0.25, -0.2) is 9.37 Å². The van der Waals surface area contributed by atoms with Gasteiger partial charge in [0.25, 0.3) is 5.91 Å². The van der Waals surface area contributed by atoms with Gasteiger partial charge >= 0.3 is 0 Å². The molecule has 1 atom stereocenters. The van der Waals surface area contributed by atoms with Crippen molar-refractivity contribution in [2.45, 2.75) is 19.5 Å². The van der Waals surface area contributed by atoms with Crippen LogP contribution in [0.2, 0.25) is 0 Å². The largest absolute Gasteiger partial charge is 0.351 e. The molecule has 10 heteroatoms. The van der Waals surface area contributed by atoms with Gasteiger partial charge in [0.1, 0.15) is 17.3 Å². The first-order valence-corrected chi connectivity index (χ1v) is 10.6. The maximum atomic E-state index is 14.1. The molecule has 0 bridgehead atoms. The Labute approximate surface area is 187 Å². The molecular weight excluding hydrogens is 465 g/mol. The molecule has 1 aliphatic heterocycles. The van der Waals surface area contributed by atoms with E-state index in [9.17, 15) is 9.18 Å². The highest BCUT2D eigenvalue weighted by atomic mass is 79.9. The lowest BCUT2D eigenvalue weighted by Gasteiger charge is -2.39. The molecule has 1 aliphatic rings. The van der Waals surface area contributed by atoms with Gasteiger partial charge in [-0.1, -0.05) is 6.07 Å². The molecule has 160 valence electrons. The van der Waals surface area contributed by atoms with Crippen LogP contribution in [-0.4, -0.2) is 58.1 Å². The second-order valence-corrected chi connectivity index (χ2v) is 8.49. The number of likely N-dealkylation sites (N-methyl/N-ethyl adjacent to an activating group) is 1. The van der Waals surface area contributed by atoms with Crippen LogP contribution in [0.3, 0.4) is 0 Å². The second-order valence-electron chi connectivity index (χ2n) is 7.63. The Morgan fingerprint density at radius 2 is 2.19 bits per heavy atom. The fourth-order valence-electron chi connectivity index (χ4n) is 3.75. The Bertz CT molecular complexity index is 1190. The molecule has 0 aliphatic carbocycles. The van der Waals surface area contributed by atoms with Gasteiger partial charge in [-0.2, -0.15) is 14.9 Å². The summed E-state index contributed by atoms with van der Waals surface area (Å²) in [5.74, 6) is -0.165. The van der Waals surface area contributed by atoms with Crippen molar-refractivity contribution in [2.75, 3.05) is 31.6 Å². The van der Waals surface area contributed by atoms with E-state index in [1.165, 1.54) is 12.1 Å². The van der Waals surface area contributed by atoms with Crippen molar-refractivity contribution >= 4 is 33.3 Å². The number of nitrogens with zero attached hydrogens (tertiary/aromatic N) is 6. The molecule has 2 aromatic heterocycles. The number of rotatable bonds is 4. The number of nitriles is 1. The van der Waals surface area contributed by atoms with Crippen molar-refractivity contribution in [1.29, 1.82) is 5.26 Å². The molecule has 0 radical (unpaired) electrons. The number of nitrogens with one attached hydrogen (secondary N) is 1. The summed E-state index contributed by atoms with van der Waals surface area (Å²) >= 11 is 3.45. The smallest absolute Gasteiger partial charge is 0.270 e. The Kier molecular flexibility index (Phi) is 5.89. The predicted octanol–water partition coefficient (Wildman–Crippen LogP) is 2.57. The lowest BCUT2D eigenvalue weighted by Crippen LogP contribution is -2.51. The summed E-state index contributed by atoms with van der Waals surface area (Å²) in [4.78, 5) is 21.8. The summed E-state index contributed by atoms with van der Waals surface area (Å²) in [6, 6.07) is 8.01. The van der Waals surface area contributed by atoms with Crippen molar-refractivity contribution in [3.05, 3.63) is 57.6 Å². The number of amides is 1. The van der Waals surface area contributed by atoms with Gasteiger partial charge in [0.2, 0.25) is 0 Å². The van der Waals surface area contributed by atoms with Crippen molar-refractivity contribution in [3.8, 4) is 6.07 Å². The minimum atomic E-state index is -0.534. The molecule has 0 saturated carbocycles. The van der Waals surface area contributed by atoms with Crippen LogP contribution in [0.5, 0.6) is 0 Å². The van der Waals surface area contributed by atoms with Gasteiger partial charge in [0.05, 0.1) is 22.3 Å². The number of benzene rings is 1. The van der Waals surface area contributed by atoms with Crippen LogP contribution in [0, 0.1) is 17.1 Å². The Morgan fingerprint density at radius 1 is 1.39 bits per heavy atom. The van der Waals surface area contributed by atoms with Crippen molar-refractivity contribution in [3.63, 3.8) is 0 Å². The summed E-state index contributed by atoms with van der Waals surface area (Å²) in [5, 5.41) is 16.0. The molecule has 0 unspecified atom stereocenters. The third-order valence-corrected chi connectivity index (χ3v) is 5.95. The SMILES string of the molecule is C[C@@H]1CN(C)CCN1c1cc(C(=O)NCc2ccc(C#N)cc2F)nc2c(Br)cnn12. The van der Waals surface area contributed by atoms with E-state index in [0.29, 0.717) is 15.7 Å². The molecule has 3 heterocycles. The molecule has 31 heavy (non-hydrogen) atoms. The minimum absolute atomic E-state index is 0.0100. The average molecular weight is 486 g/mol. The second kappa shape index (κ2) is 8.61. The Hall–Kier alpha value is -3.03. The zero-order valence-corrected chi connectivity index (χ0v) is 18.7. The van der Waals surface area contributed by atoms with E-state index in [0.717, 1.165) is 31.5 Å². The first-order chi connectivity index (χ1) is 14.9. The summed E-state index contributed by atoms with van der Waals surface area (Å²) in [6.07, 6.45) is 1.65. The van der Waals surface area contributed by atoms with E-state index >= 15 is 0 Å². The fraction of sp³-hybridized carbons (Fsp3) is 0.333. The molecule has 1 fully saturated rings. The number of carbonyl (C=O) groups excluding carboxylic acids is 1. The number of hydrogen-bond donors (Lipinski definition) is 1. The number of carbonyl (C=O) groups is 1. The summed E-state index contributed by atoms with van der Waals surface area (Å²) < 4.78 is 16.6. The highest BCUT2D eigenvalue weighted by molar-refractivity contribution is 9.10. The topological polar surface area (TPSA) is 89.6 Å². The van der Waals surface area contributed by atoms with Crippen LogP contribution in [0.4, 0.5) is 10.2 Å². The number of anilines is 1. The monoisotopic (exact) mass is 485 g/mol. The van der Waals surface area contributed by atoms with Gasteiger partial charge in [0.15, 0.2) is 5.65 Å². The summed E-state index contributed by atoms with van der Waals surface area (Å²) in [5.41, 5.74) is 1.30. The minimum Gasteiger partial charge on any atom is -0.351 e. The molecule has 1 N–H and O–H groups in total. The van der Waals surface area contributed by atoms with Crippen molar-refractivity contribution in [1.82, 2.24) is 24.8 Å². The van der Waals surface area contributed by atoms with E-state index in [4.69, 9.17) is 5.26 Å². The van der Waals surface area contributed by atoms with Gasteiger partial charge in [0, 0.05) is 43.9 Å². The van der Waals surface area contributed by atoms with Crippen LogP contribution in [-0.2, 0) is 6.54 Å². The molecule has 1 saturated heterocycles. The van der Waals surface area contributed by atoms with Crippen LogP contribution in [0.25, 0.3) is 5.65 Å². The summed E-state index contributed by atoms with van der Waals surface area (Å²) in [7, 11) is 2.08. The van der Waals surface area contributed by atoms with E-state index in [1.54, 1.807) is 16.8 Å². The van der Waals surface area contributed by atoms with Crippen LogP contribution in [0.15, 0.2) is 34.9 Å². The lowest BCUT2D eigenvalue weighted by atomic mass is 10.1. The molecule has 1 amide bonds. The maximum absolute atomic E-state index is 14.1. The number of halogens is 2.